The molecule has 1 rings (SSSR count). The number of nitro groups is 2. The largest absolute Gasteiger partial charge is 0.375 e. The van der Waals surface area contributed by atoms with Crippen molar-refractivity contribution >= 4 is 11.4 Å². The van der Waals surface area contributed by atoms with Crippen LogP contribution in [0.3, 0.4) is 0 Å². The molecule has 0 saturated heterocycles. The summed E-state index contributed by atoms with van der Waals surface area (Å²) >= 11 is 0. The van der Waals surface area contributed by atoms with Crippen LogP contribution < -0.4 is 5.73 Å². The van der Waals surface area contributed by atoms with Gasteiger partial charge in [-0.3, -0.25) is 20.2 Å². The first kappa shape index (κ1) is 16.0. The zero-order valence-corrected chi connectivity index (χ0v) is 11.4. The number of benzene rings is 1. The molecular formula is C12H17N3O5. The van der Waals surface area contributed by atoms with Crippen molar-refractivity contribution in [1.82, 2.24) is 0 Å². The molecule has 1 atom stereocenters. The number of nitrogens with zero attached hydrogens (tertiary/aromatic N) is 2. The predicted octanol–water partition coefficient (Wildman–Crippen LogP) is 2.15. The molecule has 0 fully saturated rings. The van der Waals surface area contributed by atoms with Gasteiger partial charge in [0.2, 0.25) is 0 Å². The first-order valence-electron chi connectivity index (χ1n) is 6.05. The Kier molecular flexibility index (Phi) is 5.12. The van der Waals surface area contributed by atoms with Crippen LogP contribution in [-0.2, 0) is 11.3 Å². The zero-order valence-electron chi connectivity index (χ0n) is 11.4. The average molecular weight is 283 g/mol. The quantitative estimate of drug-likeness (QED) is 0.604. The molecule has 1 aromatic rings. The lowest BCUT2D eigenvalue weighted by molar-refractivity contribution is -0.394. The van der Waals surface area contributed by atoms with Gasteiger partial charge in [0, 0.05) is 11.6 Å². The second-order valence-corrected chi connectivity index (χ2v) is 4.83. The topological polar surface area (TPSA) is 122 Å². The van der Waals surface area contributed by atoms with Gasteiger partial charge < -0.3 is 10.5 Å². The van der Waals surface area contributed by atoms with Crippen molar-refractivity contribution < 1.29 is 14.6 Å². The van der Waals surface area contributed by atoms with Gasteiger partial charge in [-0.25, -0.2) is 0 Å². The van der Waals surface area contributed by atoms with Crippen LogP contribution in [0, 0.1) is 20.2 Å². The van der Waals surface area contributed by atoms with E-state index in [4.69, 9.17) is 10.5 Å². The number of ether oxygens (including phenoxy) is 1. The first-order valence-corrected chi connectivity index (χ1v) is 6.05. The third-order valence-corrected chi connectivity index (χ3v) is 2.97. The van der Waals surface area contributed by atoms with Crippen LogP contribution in [-0.4, -0.2) is 22.0 Å². The molecule has 0 bridgehead atoms. The minimum absolute atomic E-state index is 0.0128. The summed E-state index contributed by atoms with van der Waals surface area (Å²) in [5.74, 6) is 0. The predicted molar refractivity (Wildman–Crippen MR) is 72.3 cm³/mol. The van der Waals surface area contributed by atoms with E-state index in [0.29, 0.717) is 6.42 Å². The van der Waals surface area contributed by atoms with Crippen molar-refractivity contribution in [2.24, 2.45) is 5.73 Å². The summed E-state index contributed by atoms with van der Waals surface area (Å²) in [7, 11) is 0. The fourth-order valence-corrected chi connectivity index (χ4v) is 1.45. The van der Waals surface area contributed by atoms with Crippen molar-refractivity contribution in [2.45, 2.75) is 32.4 Å². The molecule has 0 aliphatic carbocycles. The van der Waals surface area contributed by atoms with Gasteiger partial charge in [0.1, 0.15) is 0 Å². The highest BCUT2D eigenvalue weighted by molar-refractivity contribution is 5.48. The Balaban J connectivity index is 2.85. The fourth-order valence-electron chi connectivity index (χ4n) is 1.45. The van der Waals surface area contributed by atoms with E-state index in [1.165, 1.54) is 12.1 Å². The lowest BCUT2D eigenvalue weighted by Gasteiger charge is -2.22. The highest BCUT2D eigenvalue weighted by Gasteiger charge is 2.21. The molecule has 0 aliphatic rings. The molecule has 0 radical (unpaired) electrons. The lowest BCUT2D eigenvalue weighted by Crippen LogP contribution is -2.40. The number of nitro benzene ring substituents is 2. The van der Waals surface area contributed by atoms with E-state index in [9.17, 15) is 20.2 Å². The molecular weight excluding hydrogens is 266 g/mol. The molecule has 1 unspecified atom stereocenters. The molecule has 1 aromatic carbocycles. The van der Waals surface area contributed by atoms with Crippen LogP contribution in [0.4, 0.5) is 11.4 Å². The minimum Gasteiger partial charge on any atom is -0.375 e. The van der Waals surface area contributed by atoms with Crippen LogP contribution in [0.15, 0.2) is 18.2 Å². The van der Waals surface area contributed by atoms with E-state index in [1.807, 2.05) is 13.8 Å². The Morgan fingerprint density at radius 1 is 1.30 bits per heavy atom. The minimum atomic E-state index is -0.675. The lowest BCUT2D eigenvalue weighted by atomic mass is 10.0. The van der Waals surface area contributed by atoms with Crippen molar-refractivity contribution in [3.05, 3.63) is 44.0 Å². The van der Waals surface area contributed by atoms with Crippen molar-refractivity contribution in [1.29, 1.82) is 0 Å². The number of non-ortho nitro benzene ring substituents is 1. The summed E-state index contributed by atoms with van der Waals surface area (Å²) in [6, 6.07) is 3.48. The summed E-state index contributed by atoms with van der Waals surface area (Å²) < 4.78 is 5.37. The van der Waals surface area contributed by atoms with E-state index in [1.54, 1.807) is 0 Å². The molecule has 0 aliphatic heterocycles. The number of rotatable bonds is 7. The van der Waals surface area contributed by atoms with Crippen LogP contribution in [0.1, 0.15) is 25.8 Å². The summed E-state index contributed by atoms with van der Waals surface area (Å²) in [6.45, 7) is 3.97. The molecule has 0 heterocycles. The monoisotopic (exact) mass is 283 g/mol. The van der Waals surface area contributed by atoms with Gasteiger partial charge in [0.05, 0.1) is 34.7 Å². The molecule has 110 valence electrons. The summed E-state index contributed by atoms with van der Waals surface area (Å²) in [5, 5.41) is 21.5. The maximum Gasteiger partial charge on any atom is 0.281 e. The SMILES string of the molecule is CCC(C)(N)COCc1ccc([N+](=O)[O-])cc1[N+](=O)[O-]. The molecule has 0 spiro atoms. The van der Waals surface area contributed by atoms with E-state index in [-0.39, 0.29) is 30.2 Å². The number of hydrogen-bond acceptors (Lipinski definition) is 6. The molecule has 20 heavy (non-hydrogen) atoms. The van der Waals surface area contributed by atoms with E-state index in [0.717, 1.165) is 6.07 Å². The second kappa shape index (κ2) is 6.40. The fraction of sp³-hybridized carbons (Fsp3) is 0.500. The molecule has 0 amide bonds. The average Bonchev–Trinajstić information content (AvgIpc) is 2.38. The standard InChI is InChI=1S/C12H17N3O5/c1-3-12(2,13)8-20-7-9-4-5-10(14(16)17)6-11(9)15(18)19/h4-6H,3,7-8,13H2,1-2H3. The van der Waals surface area contributed by atoms with Crippen LogP contribution in [0.5, 0.6) is 0 Å². The normalized spacial score (nSPS) is 13.8. The molecule has 2 N–H and O–H groups in total. The van der Waals surface area contributed by atoms with Crippen LogP contribution in [0.2, 0.25) is 0 Å². The Labute approximate surface area is 115 Å². The highest BCUT2D eigenvalue weighted by Crippen LogP contribution is 2.25. The van der Waals surface area contributed by atoms with Gasteiger partial charge in [-0.05, 0) is 19.4 Å². The Bertz CT molecular complexity index is 516. The van der Waals surface area contributed by atoms with Crippen molar-refractivity contribution in [3.63, 3.8) is 0 Å². The van der Waals surface area contributed by atoms with Gasteiger partial charge in [-0.1, -0.05) is 6.92 Å². The Morgan fingerprint density at radius 3 is 2.45 bits per heavy atom. The zero-order chi connectivity index (χ0) is 15.3. The number of nitrogens with two attached hydrogens (primary N) is 1. The first-order chi connectivity index (χ1) is 9.26. The van der Waals surface area contributed by atoms with Crippen molar-refractivity contribution in [3.8, 4) is 0 Å². The van der Waals surface area contributed by atoms with E-state index >= 15 is 0 Å². The molecule has 0 saturated carbocycles. The Morgan fingerprint density at radius 2 is 1.95 bits per heavy atom. The van der Waals surface area contributed by atoms with Crippen LogP contribution >= 0.6 is 0 Å². The van der Waals surface area contributed by atoms with E-state index in [2.05, 4.69) is 0 Å². The van der Waals surface area contributed by atoms with E-state index < -0.39 is 15.4 Å². The van der Waals surface area contributed by atoms with Crippen LogP contribution in [0.25, 0.3) is 0 Å². The maximum atomic E-state index is 10.9. The third-order valence-electron chi connectivity index (χ3n) is 2.97. The second-order valence-electron chi connectivity index (χ2n) is 4.83. The molecule has 0 aromatic heterocycles. The summed E-state index contributed by atoms with van der Waals surface area (Å²) in [6.07, 6.45) is 0.704. The van der Waals surface area contributed by atoms with Gasteiger partial charge in [0.25, 0.3) is 11.4 Å². The van der Waals surface area contributed by atoms with Crippen molar-refractivity contribution in [2.75, 3.05) is 6.61 Å². The summed E-state index contributed by atoms with van der Waals surface area (Å²) in [5.41, 5.74) is 5.03. The summed E-state index contributed by atoms with van der Waals surface area (Å²) in [4.78, 5) is 20.2. The third kappa shape index (κ3) is 4.25. The van der Waals surface area contributed by atoms with Gasteiger partial charge >= 0.3 is 0 Å². The maximum absolute atomic E-state index is 10.9. The van der Waals surface area contributed by atoms with Gasteiger partial charge in [-0.15, -0.1) is 0 Å². The molecule has 8 nitrogen and oxygen atoms in total. The molecule has 8 heteroatoms. The van der Waals surface area contributed by atoms with Gasteiger partial charge in [-0.2, -0.15) is 0 Å². The smallest absolute Gasteiger partial charge is 0.281 e. The number of hydrogen-bond donors (Lipinski definition) is 1. The highest BCUT2D eigenvalue weighted by atomic mass is 16.6. The Hall–Kier alpha value is -2.06. The van der Waals surface area contributed by atoms with Gasteiger partial charge in [0.15, 0.2) is 0 Å².